The molecule has 7 nitrogen and oxygen atoms in total. The van der Waals surface area contributed by atoms with E-state index in [9.17, 15) is 9.18 Å². The molecule has 1 aliphatic heterocycles. The maximum absolute atomic E-state index is 14.5. The molecule has 1 aliphatic rings. The summed E-state index contributed by atoms with van der Waals surface area (Å²) in [7, 11) is 0. The molecule has 1 saturated heterocycles. The molecule has 0 radical (unpaired) electrons. The quantitative estimate of drug-likeness (QED) is 0.449. The zero-order chi connectivity index (χ0) is 23.8. The van der Waals surface area contributed by atoms with Crippen LogP contribution in [0.1, 0.15) is 32.9 Å². The number of amides is 1. The van der Waals surface area contributed by atoms with Gasteiger partial charge in [0, 0.05) is 18.8 Å². The minimum Gasteiger partial charge on any atom is -0.444 e. The van der Waals surface area contributed by atoms with Gasteiger partial charge < -0.3 is 15.0 Å². The summed E-state index contributed by atoms with van der Waals surface area (Å²) in [6, 6.07) is 6.77. The number of likely N-dealkylation sites (tertiary alicyclic amines) is 1. The Morgan fingerprint density at radius 2 is 2.03 bits per heavy atom. The van der Waals surface area contributed by atoms with E-state index in [1.165, 1.54) is 18.5 Å². The smallest absolute Gasteiger partial charge is 0.410 e. The van der Waals surface area contributed by atoms with Crippen LogP contribution in [-0.4, -0.2) is 44.6 Å². The number of carbonyl (C=O) groups excluding carboxylic acids is 1. The van der Waals surface area contributed by atoms with Crippen LogP contribution < -0.4 is 5.32 Å². The first-order valence-corrected chi connectivity index (χ1v) is 11.4. The molecule has 3 heterocycles. The van der Waals surface area contributed by atoms with E-state index in [4.69, 9.17) is 32.9 Å². The molecule has 0 spiro atoms. The molecule has 33 heavy (non-hydrogen) atoms. The van der Waals surface area contributed by atoms with Crippen molar-refractivity contribution in [2.24, 2.45) is 5.92 Å². The average Bonchev–Trinajstić information content (AvgIpc) is 3.22. The van der Waals surface area contributed by atoms with Crippen LogP contribution in [0, 0.1) is 11.7 Å². The highest BCUT2D eigenvalue weighted by molar-refractivity contribution is 6.42. The second-order valence-corrected chi connectivity index (χ2v) is 9.81. The number of rotatable bonds is 4. The molecule has 1 unspecified atom stereocenters. The van der Waals surface area contributed by atoms with E-state index >= 15 is 0 Å². The summed E-state index contributed by atoms with van der Waals surface area (Å²) in [6.07, 6.45) is 2.64. The van der Waals surface area contributed by atoms with Crippen molar-refractivity contribution in [3.63, 3.8) is 0 Å². The standard InChI is InChI=1S/C23H24Cl2FN5O2/c1-23(2,3)33-22(32)31-9-8-13(11-31)10-14-4-6-17-20(29-14)21(28-12-27-17)30-16-7-5-15(24)18(25)19(16)26/h4-7,12-13H,8-11H2,1-3H3,(H,27,28,30). The Bertz CT molecular complexity index is 1200. The summed E-state index contributed by atoms with van der Waals surface area (Å²) in [5.41, 5.74) is 1.60. The number of pyridine rings is 1. The van der Waals surface area contributed by atoms with Crippen molar-refractivity contribution >= 4 is 51.8 Å². The zero-order valence-electron chi connectivity index (χ0n) is 18.5. The van der Waals surface area contributed by atoms with Crippen LogP contribution in [-0.2, 0) is 11.2 Å². The van der Waals surface area contributed by atoms with Crippen molar-refractivity contribution < 1.29 is 13.9 Å². The molecular formula is C23H24Cl2FN5O2. The molecular weight excluding hydrogens is 468 g/mol. The van der Waals surface area contributed by atoms with Crippen molar-refractivity contribution in [3.8, 4) is 0 Å². The maximum atomic E-state index is 14.5. The molecule has 3 aromatic rings. The van der Waals surface area contributed by atoms with E-state index in [2.05, 4.69) is 15.3 Å². The highest BCUT2D eigenvalue weighted by Crippen LogP contribution is 2.32. The number of hydrogen-bond acceptors (Lipinski definition) is 6. The fourth-order valence-corrected chi connectivity index (χ4v) is 4.03. The predicted molar refractivity (Wildman–Crippen MR) is 127 cm³/mol. The molecule has 10 heteroatoms. The Hall–Kier alpha value is -2.71. The molecule has 0 saturated carbocycles. The minimum absolute atomic E-state index is 0.129. The summed E-state index contributed by atoms with van der Waals surface area (Å²) in [6.45, 7) is 6.83. The first kappa shape index (κ1) is 23.4. The Morgan fingerprint density at radius 1 is 1.24 bits per heavy atom. The molecule has 1 aromatic carbocycles. The lowest BCUT2D eigenvalue weighted by atomic mass is 10.0. The fourth-order valence-electron chi connectivity index (χ4n) is 3.72. The van der Waals surface area contributed by atoms with Gasteiger partial charge in [0.1, 0.15) is 17.4 Å². The average molecular weight is 492 g/mol. The maximum Gasteiger partial charge on any atom is 0.410 e. The Balaban J connectivity index is 1.52. The first-order valence-electron chi connectivity index (χ1n) is 10.6. The van der Waals surface area contributed by atoms with Gasteiger partial charge in [0.15, 0.2) is 11.6 Å². The van der Waals surface area contributed by atoms with Crippen LogP contribution in [0.4, 0.5) is 20.7 Å². The van der Waals surface area contributed by atoms with Crippen LogP contribution in [0.3, 0.4) is 0 Å². The van der Waals surface area contributed by atoms with E-state index in [-0.39, 0.29) is 27.7 Å². The van der Waals surface area contributed by atoms with E-state index in [0.29, 0.717) is 36.4 Å². The largest absolute Gasteiger partial charge is 0.444 e. The fraction of sp³-hybridized carbons (Fsp3) is 0.391. The highest BCUT2D eigenvalue weighted by atomic mass is 35.5. The highest BCUT2D eigenvalue weighted by Gasteiger charge is 2.30. The number of ether oxygens (including phenoxy) is 1. The summed E-state index contributed by atoms with van der Waals surface area (Å²) < 4.78 is 20.0. The van der Waals surface area contributed by atoms with Crippen LogP contribution in [0.5, 0.6) is 0 Å². The van der Waals surface area contributed by atoms with E-state index < -0.39 is 11.4 Å². The number of benzene rings is 1. The zero-order valence-corrected chi connectivity index (χ0v) is 20.0. The van der Waals surface area contributed by atoms with Crippen molar-refractivity contribution in [2.75, 3.05) is 18.4 Å². The van der Waals surface area contributed by atoms with Crippen LogP contribution in [0.2, 0.25) is 10.0 Å². The van der Waals surface area contributed by atoms with Gasteiger partial charge in [0.05, 0.1) is 21.2 Å². The molecule has 4 rings (SSSR count). The number of nitrogens with zero attached hydrogens (tertiary/aromatic N) is 4. The van der Waals surface area contributed by atoms with Gasteiger partial charge in [0.2, 0.25) is 0 Å². The van der Waals surface area contributed by atoms with E-state index in [1.54, 1.807) is 4.90 Å². The van der Waals surface area contributed by atoms with Gasteiger partial charge in [0.25, 0.3) is 0 Å². The summed E-state index contributed by atoms with van der Waals surface area (Å²) in [5, 5.41) is 2.91. The molecule has 1 fully saturated rings. The number of halogens is 3. The lowest BCUT2D eigenvalue weighted by molar-refractivity contribution is 0.0288. The minimum atomic E-state index is -0.666. The molecule has 174 valence electrons. The van der Waals surface area contributed by atoms with Gasteiger partial charge in [-0.1, -0.05) is 23.2 Å². The number of fused-ring (bicyclic) bond motifs is 1. The van der Waals surface area contributed by atoms with Crippen molar-refractivity contribution in [2.45, 2.75) is 39.2 Å². The number of anilines is 2. The second kappa shape index (κ2) is 9.27. The van der Waals surface area contributed by atoms with Crippen molar-refractivity contribution in [1.82, 2.24) is 19.9 Å². The number of aromatic nitrogens is 3. The molecule has 2 aromatic heterocycles. The van der Waals surface area contributed by atoms with Crippen molar-refractivity contribution in [3.05, 3.63) is 52.1 Å². The van der Waals surface area contributed by atoms with Crippen LogP contribution >= 0.6 is 23.2 Å². The van der Waals surface area contributed by atoms with Crippen LogP contribution in [0.15, 0.2) is 30.6 Å². The Morgan fingerprint density at radius 3 is 2.79 bits per heavy atom. The normalized spacial score (nSPS) is 16.3. The van der Waals surface area contributed by atoms with E-state index in [1.807, 2.05) is 32.9 Å². The number of nitrogens with one attached hydrogen (secondary N) is 1. The molecule has 1 N–H and O–H groups in total. The Kier molecular flexibility index (Phi) is 6.59. The molecule has 1 amide bonds. The van der Waals surface area contributed by atoms with Gasteiger partial charge in [-0.25, -0.2) is 24.1 Å². The van der Waals surface area contributed by atoms with Gasteiger partial charge >= 0.3 is 6.09 Å². The summed E-state index contributed by atoms with van der Waals surface area (Å²) >= 11 is 11.8. The lowest BCUT2D eigenvalue weighted by Crippen LogP contribution is -2.35. The van der Waals surface area contributed by atoms with Crippen LogP contribution in [0.25, 0.3) is 11.0 Å². The Labute approximate surface area is 201 Å². The van der Waals surface area contributed by atoms with Gasteiger partial charge in [-0.15, -0.1) is 0 Å². The SMILES string of the molecule is CC(C)(C)OC(=O)N1CCC(Cc2ccc3ncnc(Nc4ccc(Cl)c(Cl)c4F)c3n2)C1. The third kappa shape index (κ3) is 5.45. The molecule has 1 atom stereocenters. The van der Waals surface area contributed by atoms with Crippen molar-refractivity contribution in [1.29, 1.82) is 0 Å². The number of carbonyl (C=O) groups is 1. The third-order valence-corrected chi connectivity index (χ3v) is 6.04. The van der Waals surface area contributed by atoms with E-state index in [0.717, 1.165) is 12.1 Å². The molecule has 0 aliphatic carbocycles. The van der Waals surface area contributed by atoms with Gasteiger partial charge in [-0.3, -0.25) is 0 Å². The number of hydrogen-bond donors (Lipinski definition) is 1. The van der Waals surface area contributed by atoms with Gasteiger partial charge in [-0.2, -0.15) is 0 Å². The molecule has 0 bridgehead atoms. The predicted octanol–water partition coefficient (Wildman–Crippen LogP) is 6.01. The third-order valence-electron chi connectivity index (χ3n) is 5.26. The summed E-state index contributed by atoms with van der Waals surface area (Å²) in [4.78, 5) is 27.3. The first-order chi connectivity index (χ1) is 15.6. The monoisotopic (exact) mass is 491 g/mol. The summed E-state index contributed by atoms with van der Waals surface area (Å²) in [5.74, 6) is -0.0442. The van der Waals surface area contributed by atoms with Gasteiger partial charge in [-0.05, 0) is 63.8 Å². The second-order valence-electron chi connectivity index (χ2n) is 9.03. The lowest BCUT2D eigenvalue weighted by Gasteiger charge is -2.24. The topological polar surface area (TPSA) is 80.2 Å².